The molecular formula is C20H15ClF3NO4S. The van der Waals surface area contributed by atoms with Gasteiger partial charge in [-0.15, -0.1) is 0 Å². The van der Waals surface area contributed by atoms with E-state index in [0.29, 0.717) is 10.6 Å². The normalized spacial score (nSPS) is 12.0. The van der Waals surface area contributed by atoms with E-state index in [2.05, 4.69) is 5.32 Å². The maximum absolute atomic E-state index is 12.6. The maximum Gasteiger partial charge on any atom is 0.416 e. The fraction of sp³-hybridized carbons (Fsp3) is 0.150. The van der Waals surface area contributed by atoms with E-state index in [-0.39, 0.29) is 23.0 Å². The summed E-state index contributed by atoms with van der Waals surface area (Å²) in [7, 11) is -3.69. The van der Waals surface area contributed by atoms with Gasteiger partial charge in [0, 0.05) is 11.6 Å². The van der Waals surface area contributed by atoms with Gasteiger partial charge in [0.2, 0.25) is 0 Å². The van der Waals surface area contributed by atoms with Crippen LogP contribution in [0.4, 0.5) is 13.2 Å². The number of rotatable bonds is 6. The highest BCUT2D eigenvalue weighted by molar-refractivity contribution is 7.90. The van der Waals surface area contributed by atoms with E-state index >= 15 is 0 Å². The van der Waals surface area contributed by atoms with Crippen molar-refractivity contribution >= 4 is 27.3 Å². The summed E-state index contributed by atoms with van der Waals surface area (Å²) in [5.41, 5.74) is -0.316. The highest BCUT2D eigenvalue weighted by Crippen LogP contribution is 2.29. The zero-order valence-corrected chi connectivity index (χ0v) is 16.8. The zero-order chi connectivity index (χ0) is 21.9. The summed E-state index contributed by atoms with van der Waals surface area (Å²) in [6.45, 7) is -0.0178. The Balaban J connectivity index is 1.61. The molecule has 0 radical (unpaired) electrons. The van der Waals surface area contributed by atoms with Crippen molar-refractivity contribution in [2.75, 3.05) is 0 Å². The van der Waals surface area contributed by atoms with Crippen molar-refractivity contribution in [3.8, 4) is 0 Å². The van der Waals surface area contributed by atoms with Crippen molar-refractivity contribution in [2.45, 2.75) is 23.4 Å². The number of hydrogen-bond donors (Lipinski definition) is 1. The van der Waals surface area contributed by atoms with Gasteiger partial charge in [-0.25, -0.2) is 8.42 Å². The SMILES string of the molecule is O=C(NCc1ccc(C(F)(F)F)cc1)c1ccc(CS(=O)(=O)c2ccc(Cl)cc2)o1. The number of nitrogens with one attached hydrogen (secondary N) is 1. The molecule has 0 aliphatic rings. The molecule has 3 rings (SSSR count). The quantitative estimate of drug-likeness (QED) is 0.573. The molecule has 0 saturated carbocycles. The number of carbonyl (C=O) groups is 1. The number of sulfone groups is 1. The van der Waals surface area contributed by atoms with Crippen molar-refractivity contribution < 1.29 is 30.8 Å². The second-order valence-corrected chi connectivity index (χ2v) is 8.78. The summed E-state index contributed by atoms with van der Waals surface area (Å²) < 4.78 is 67.9. The van der Waals surface area contributed by atoms with E-state index in [9.17, 15) is 26.4 Å². The van der Waals surface area contributed by atoms with Crippen molar-refractivity contribution in [1.29, 1.82) is 0 Å². The molecule has 1 heterocycles. The first kappa shape index (κ1) is 21.9. The average Bonchev–Trinajstić information content (AvgIpc) is 3.14. The van der Waals surface area contributed by atoms with E-state index in [1.165, 1.54) is 48.5 Å². The minimum atomic E-state index is -4.43. The van der Waals surface area contributed by atoms with Gasteiger partial charge >= 0.3 is 6.18 Å². The Bertz CT molecular complexity index is 1140. The summed E-state index contributed by atoms with van der Waals surface area (Å²) in [5.74, 6) is -1.10. The van der Waals surface area contributed by atoms with Crippen LogP contribution in [0.5, 0.6) is 0 Å². The van der Waals surface area contributed by atoms with Gasteiger partial charge in [0.1, 0.15) is 11.5 Å². The largest absolute Gasteiger partial charge is 0.455 e. The van der Waals surface area contributed by atoms with Gasteiger partial charge in [-0.2, -0.15) is 13.2 Å². The van der Waals surface area contributed by atoms with E-state index < -0.39 is 33.2 Å². The molecule has 0 aliphatic carbocycles. The van der Waals surface area contributed by atoms with Crippen molar-refractivity contribution in [3.63, 3.8) is 0 Å². The van der Waals surface area contributed by atoms with Gasteiger partial charge in [-0.1, -0.05) is 23.7 Å². The van der Waals surface area contributed by atoms with Crippen molar-refractivity contribution in [3.05, 3.63) is 88.3 Å². The van der Waals surface area contributed by atoms with Gasteiger partial charge in [-0.05, 0) is 54.1 Å². The van der Waals surface area contributed by atoms with Crippen LogP contribution in [-0.4, -0.2) is 14.3 Å². The molecular weight excluding hydrogens is 443 g/mol. The molecule has 0 bridgehead atoms. The molecule has 0 unspecified atom stereocenters. The number of hydrogen-bond acceptors (Lipinski definition) is 4. The van der Waals surface area contributed by atoms with Crippen LogP contribution in [0.2, 0.25) is 5.02 Å². The number of alkyl halides is 3. The number of halogens is 4. The number of furan rings is 1. The van der Waals surface area contributed by atoms with E-state index in [0.717, 1.165) is 12.1 Å². The summed E-state index contributed by atoms with van der Waals surface area (Å²) in [5, 5.41) is 2.91. The Morgan fingerprint density at radius 2 is 1.60 bits per heavy atom. The molecule has 0 saturated heterocycles. The van der Waals surface area contributed by atoms with Crippen LogP contribution in [0.1, 0.15) is 27.4 Å². The lowest BCUT2D eigenvalue weighted by Crippen LogP contribution is -2.22. The first-order valence-corrected chi connectivity index (χ1v) is 10.6. The molecule has 30 heavy (non-hydrogen) atoms. The van der Waals surface area contributed by atoms with Crippen LogP contribution in [0.3, 0.4) is 0 Å². The first-order valence-electron chi connectivity index (χ1n) is 8.56. The van der Waals surface area contributed by atoms with Crippen molar-refractivity contribution in [1.82, 2.24) is 5.32 Å². The van der Waals surface area contributed by atoms with Crippen LogP contribution >= 0.6 is 11.6 Å². The Kier molecular flexibility index (Phi) is 6.23. The van der Waals surface area contributed by atoms with Gasteiger partial charge in [0.15, 0.2) is 15.6 Å². The monoisotopic (exact) mass is 457 g/mol. The third kappa shape index (κ3) is 5.43. The molecule has 2 aromatic carbocycles. The third-order valence-corrected chi connectivity index (χ3v) is 6.03. The maximum atomic E-state index is 12.6. The van der Waals surface area contributed by atoms with Crippen LogP contribution in [0, 0.1) is 0 Å². The number of carbonyl (C=O) groups excluding carboxylic acids is 1. The lowest BCUT2D eigenvalue weighted by atomic mass is 10.1. The molecule has 5 nitrogen and oxygen atoms in total. The minimum absolute atomic E-state index is 0.0178. The van der Waals surface area contributed by atoms with Gasteiger partial charge in [0.05, 0.1) is 10.5 Å². The highest BCUT2D eigenvalue weighted by atomic mass is 35.5. The van der Waals surface area contributed by atoms with Crippen molar-refractivity contribution in [2.24, 2.45) is 0 Å². The Labute approximate surface area is 175 Å². The summed E-state index contributed by atoms with van der Waals surface area (Å²) in [6, 6.07) is 12.7. The smallest absolute Gasteiger partial charge is 0.416 e. The highest BCUT2D eigenvalue weighted by Gasteiger charge is 2.29. The second kappa shape index (κ2) is 8.53. The second-order valence-electron chi connectivity index (χ2n) is 6.36. The Morgan fingerprint density at radius 1 is 0.967 bits per heavy atom. The number of amides is 1. The molecule has 1 N–H and O–H groups in total. The average molecular weight is 458 g/mol. The standard InChI is InChI=1S/C20H15ClF3NO4S/c21-15-5-8-17(9-6-15)30(27,28)12-16-7-10-18(29-16)19(26)25-11-13-1-3-14(4-2-13)20(22,23)24/h1-10H,11-12H2,(H,25,26). The minimum Gasteiger partial charge on any atom is -0.455 e. The molecule has 158 valence electrons. The van der Waals surface area contributed by atoms with Crippen LogP contribution in [0.15, 0.2) is 70.0 Å². The van der Waals surface area contributed by atoms with Crippen LogP contribution in [0.25, 0.3) is 0 Å². The fourth-order valence-corrected chi connectivity index (χ4v) is 3.94. The summed E-state index contributed by atoms with van der Waals surface area (Å²) in [4.78, 5) is 12.2. The van der Waals surface area contributed by atoms with Gasteiger partial charge in [-0.3, -0.25) is 4.79 Å². The van der Waals surface area contributed by atoms with Gasteiger partial charge < -0.3 is 9.73 Å². The molecule has 3 aromatic rings. The van der Waals surface area contributed by atoms with Crippen LogP contribution < -0.4 is 5.32 Å². The van der Waals surface area contributed by atoms with E-state index in [1.807, 2.05) is 0 Å². The van der Waals surface area contributed by atoms with E-state index in [1.54, 1.807) is 0 Å². The van der Waals surface area contributed by atoms with E-state index in [4.69, 9.17) is 16.0 Å². The predicted molar refractivity (Wildman–Crippen MR) is 104 cm³/mol. The zero-order valence-electron chi connectivity index (χ0n) is 15.2. The molecule has 0 fully saturated rings. The lowest BCUT2D eigenvalue weighted by molar-refractivity contribution is -0.137. The molecule has 0 atom stereocenters. The fourth-order valence-electron chi connectivity index (χ4n) is 2.57. The topological polar surface area (TPSA) is 76.4 Å². The molecule has 0 spiro atoms. The van der Waals surface area contributed by atoms with Crippen LogP contribution in [-0.2, 0) is 28.3 Å². The summed E-state index contributed by atoms with van der Waals surface area (Å²) in [6.07, 6.45) is -4.43. The third-order valence-electron chi connectivity index (χ3n) is 4.12. The Hall–Kier alpha value is -2.78. The predicted octanol–water partition coefficient (Wildman–Crippen LogP) is 4.86. The Morgan fingerprint density at radius 3 is 2.20 bits per heavy atom. The molecule has 10 heteroatoms. The first-order chi connectivity index (χ1) is 14.0. The summed E-state index contributed by atoms with van der Waals surface area (Å²) >= 11 is 5.75. The van der Waals surface area contributed by atoms with Gasteiger partial charge in [0.25, 0.3) is 5.91 Å². The number of benzene rings is 2. The molecule has 1 aromatic heterocycles. The molecule has 1 amide bonds. The lowest BCUT2D eigenvalue weighted by Gasteiger charge is -2.08. The molecule has 0 aliphatic heterocycles.